The van der Waals surface area contributed by atoms with Crippen LogP contribution in [0, 0.1) is 25.5 Å². The summed E-state index contributed by atoms with van der Waals surface area (Å²) >= 11 is 0. The van der Waals surface area contributed by atoms with Gasteiger partial charge in [0.1, 0.15) is 41.6 Å². The summed E-state index contributed by atoms with van der Waals surface area (Å²) in [6.07, 6.45) is 3.74. The van der Waals surface area contributed by atoms with Crippen molar-refractivity contribution in [3.05, 3.63) is 119 Å². The zero-order valence-corrected chi connectivity index (χ0v) is 27.6. The highest BCUT2D eigenvalue weighted by Crippen LogP contribution is 2.29. The molecule has 0 spiro atoms. The number of esters is 1. The van der Waals surface area contributed by atoms with E-state index in [1.165, 1.54) is 59.3 Å². The molecule has 2 aromatic heterocycles. The lowest BCUT2D eigenvalue weighted by molar-refractivity contribution is -0.689. The smallest absolute Gasteiger partial charge is 0.340 e. The molecule has 0 saturated heterocycles. The minimum atomic E-state index is -4.28. The Balaban J connectivity index is 1.30. The van der Waals surface area contributed by atoms with E-state index in [1.54, 1.807) is 17.0 Å². The molecule has 1 atom stereocenters. The van der Waals surface area contributed by atoms with Crippen LogP contribution in [0.5, 0.6) is 11.5 Å². The van der Waals surface area contributed by atoms with Gasteiger partial charge in [0.2, 0.25) is 6.33 Å². The van der Waals surface area contributed by atoms with Gasteiger partial charge in [0.15, 0.2) is 12.4 Å². The molecule has 0 amide bonds. The molecular weight excluding hydrogens is 682 g/mol. The van der Waals surface area contributed by atoms with Gasteiger partial charge >= 0.3 is 18.3 Å². The predicted molar refractivity (Wildman–Crippen MR) is 171 cm³/mol. The fraction of sp³-hybridized carbons (Fsp3) is 0.286. The number of alkyl halides is 4. The topological polar surface area (TPSA) is 108 Å². The van der Waals surface area contributed by atoms with Crippen LogP contribution in [0.25, 0.3) is 12.2 Å². The highest BCUT2D eigenvalue weighted by molar-refractivity contribution is 5.70. The molecule has 5 rings (SSSR count). The molecule has 268 valence electrons. The number of hydrogen-bond donors (Lipinski definition) is 1. The molecule has 0 radical (unpaired) electrons. The summed E-state index contributed by atoms with van der Waals surface area (Å²) in [5, 5.41) is 20.6. The third-order valence-electron chi connectivity index (χ3n) is 7.65. The van der Waals surface area contributed by atoms with Gasteiger partial charge in [0.05, 0.1) is 13.1 Å². The number of benzene rings is 3. The molecule has 1 N–H and O–H groups in total. The van der Waals surface area contributed by atoms with Crippen LogP contribution in [-0.4, -0.2) is 54.6 Å². The Morgan fingerprint density at radius 1 is 1.00 bits per heavy atom. The molecule has 0 unspecified atom stereocenters. The summed E-state index contributed by atoms with van der Waals surface area (Å²) in [4.78, 5) is 15.7. The first kappa shape index (κ1) is 36.8. The summed E-state index contributed by atoms with van der Waals surface area (Å²) in [5.74, 6) is -5.82. The monoisotopic (exact) mass is 715 g/mol. The molecule has 2 heterocycles. The van der Waals surface area contributed by atoms with Gasteiger partial charge < -0.3 is 14.6 Å². The van der Waals surface area contributed by atoms with Gasteiger partial charge in [-0.2, -0.15) is 13.9 Å². The molecule has 51 heavy (non-hydrogen) atoms. The maximum atomic E-state index is 15.1. The van der Waals surface area contributed by atoms with Crippen molar-refractivity contribution in [2.75, 3.05) is 6.61 Å². The average Bonchev–Trinajstić information content (AvgIpc) is 3.69. The van der Waals surface area contributed by atoms with Crippen molar-refractivity contribution in [2.24, 2.45) is 0 Å². The number of carbonyl (C=O) groups is 1. The molecule has 0 aliphatic rings. The molecule has 0 fully saturated rings. The van der Waals surface area contributed by atoms with Crippen LogP contribution >= 0.6 is 0 Å². The fourth-order valence-electron chi connectivity index (χ4n) is 5.35. The first-order chi connectivity index (χ1) is 24.1. The Labute approximate surface area is 288 Å². The summed E-state index contributed by atoms with van der Waals surface area (Å²) in [6.45, 7) is 3.35. The quantitative estimate of drug-likeness (QED) is 0.0684. The zero-order valence-electron chi connectivity index (χ0n) is 27.6. The lowest BCUT2D eigenvalue weighted by Crippen LogP contribution is -2.38. The second-order valence-corrected chi connectivity index (χ2v) is 12.0. The molecular formula is C35H33F6N6O4+. The van der Waals surface area contributed by atoms with Gasteiger partial charge in [-0.05, 0) is 72.5 Å². The Kier molecular flexibility index (Phi) is 10.9. The Morgan fingerprint density at radius 2 is 1.69 bits per heavy atom. The largest absolute Gasteiger partial charge is 0.487 e. The van der Waals surface area contributed by atoms with E-state index in [0.29, 0.717) is 23.9 Å². The maximum absolute atomic E-state index is 15.1. The van der Waals surface area contributed by atoms with Crippen molar-refractivity contribution in [1.82, 2.24) is 24.5 Å². The minimum Gasteiger partial charge on any atom is -0.487 e. The van der Waals surface area contributed by atoms with Gasteiger partial charge in [-0.3, -0.25) is 4.79 Å². The van der Waals surface area contributed by atoms with Crippen molar-refractivity contribution < 1.29 is 50.3 Å². The van der Waals surface area contributed by atoms with Crippen LogP contribution in [0.4, 0.5) is 26.3 Å². The third kappa shape index (κ3) is 9.39. The molecule has 0 bridgehead atoms. The fourth-order valence-corrected chi connectivity index (χ4v) is 5.35. The van der Waals surface area contributed by atoms with Gasteiger partial charge in [0, 0.05) is 23.7 Å². The van der Waals surface area contributed by atoms with Crippen LogP contribution in [-0.2, 0) is 30.0 Å². The van der Waals surface area contributed by atoms with E-state index >= 15 is 4.39 Å². The number of hydrogen-bond acceptors (Lipinski definition) is 7. The van der Waals surface area contributed by atoms with Crippen molar-refractivity contribution >= 4 is 18.1 Å². The Bertz CT molecular complexity index is 2010. The number of halogens is 6. The van der Waals surface area contributed by atoms with E-state index in [0.717, 1.165) is 28.8 Å². The van der Waals surface area contributed by atoms with Crippen LogP contribution < -0.4 is 14.0 Å². The highest BCUT2D eigenvalue weighted by Gasteiger charge is 2.41. The molecule has 10 nitrogen and oxygen atoms in total. The number of aliphatic hydroxyl groups is 1. The first-order valence-electron chi connectivity index (χ1n) is 15.4. The average molecular weight is 716 g/mol. The normalized spacial score (nSPS) is 13.2. The number of rotatable bonds is 14. The molecule has 0 saturated carbocycles. The second kappa shape index (κ2) is 15.2. The van der Waals surface area contributed by atoms with E-state index in [-0.39, 0.29) is 30.2 Å². The van der Waals surface area contributed by atoms with E-state index in [9.17, 15) is 31.9 Å². The van der Waals surface area contributed by atoms with Crippen LogP contribution in [0.3, 0.4) is 0 Å². The van der Waals surface area contributed by atoms with E-state index in [4.69, 9.17) is 9.47 Å². The molecule has 0 aliphatic carbocycles. The number of nitrogens with zero attached hydrogens (tertiary/aromatic N) is 6. The van der Waals surface area contributed by atoms with Gasteiger partial charge in [-0.15, -0.1) is 4.68 Å². The Morgan fingerprint density at radius 3 is 2.33 bits per heavy atom. The number of ether oxygens (including phenoxy) is 2. The zero-order chi connectivity index (χ0) is 36.9. The molecule has 16 heteroatoms. The number of aryl methyl sites for hydroxylation is 2. The maximum Gasteiger partial charge on any atom is 0.340 e. The lowest BCUT2D eigenvalue weighted by Gasteiger charge is -2.26. The summed E-state index contributed by atoms with van der Waals surface area (Å²) in [7, 11) is 0. The van der Waals surface area contributed by atoms with Crippen LogP contribution in [0.2, 0.25) is 0 Å². The van der Waals surface area contributed by atoms with E-state index in [1.807, 2.05) is 26.0 Å². The van der Waals surface area contributed by atoms with Gasteiger partial charge in [-0.25, -0.2) is 31.8 Å². The third-order valence-corrected chi connectivity index (χ3v) is 7.65. The molecule has 0 aliphatic heterocycles. The summed E-state index contributed by atoms with van der Waals surface area (Å²) in [5.41, 5.74) is 0.859. The summed E-state index contributed by atoms with van der Waals surface area (Å²) < 4.78 is 94.5. The predicted octanol–water partition coefficient (Wildman–Crippen LogP) is 5.67. The van der Waals surface area contributed by atoms with E-state index < -0.39 is 42.2 Å². The lowest BCUT2D eigenvalue weighted by atomic mass is 9.93. The van der Waals surface area contributed by atoms with Crippen molar-refractivity contribution in [3.63, 3.8) is 0 Å². The Hall–Kier alpha value is -5.51. The standard InChI is InChI=1S/C35H33F6N6O4/c1-22-12-26(13-23(2)32(22)51-24(3)48)15-45-20-43-47(21-45)17-34(49,29-10-7-27(36)14-30(29)37)16-46-19-42-31(44-46)11-6-25-4-8-28(9-5-25)50-18-35(40,41)33(38)39/h4-14,19-21,33,49H,15-18H2,1-3H3/q+1/t34-/m1/s1. The first-order valence-corrected chi connectivity index (χ1v) is 15.4. The molecule has 5 aromatic rings. The number of carbonyl (C=O) groups excluding carboxylic acids is 1. The highest BCUT2D eigenvalue weighted by atomic mass is 19.3. The summed E-state index contributed by atoms with van der Waals surface area (Å²) in [6, 6.07) is 12.3. The van der Waals surface area contributed by atoms with Crippen LogP contribution in [0.15, 0.2) is 73.6 Å². The molecule has 3 aromatic carbocycles. The van der Waals surface area contributed by atoms with Gasteiger partial charge in [-0.1, -0.05) is 24.3 Å². The van der Waals surface area contributed by atoms with Crippen LogP contribution in [0.1, 0.15) is 40.6 Å². The van der Waals surface area contributed by atoms with Crippen molar-refractivity contribution in [1.29, 1.82) is 0 Å². The van der Waals surface area contributed by atoms with Crippen molar-refractivity contribution in [2.45, 2.75) is 58.4 Å². The SMILES string of the molecule is CC(=O)Oc1c(C)cc(C[n+]2cnn(C[C@](O)(Cn3cnc(C=Cc4ccc(OCC(F)(F)C(F)F)cc4)n3)c3ccc(F)cc3F)c2)cc1C. The number of aromatic nitrogens is 6. The van der Waals surface area contributed by atoms with Gasteiger partial charge in [0.25, 0.3) is 6.33 Å². The second-order valence-electron chi connectivity index (χ2n) is 12.0. The van der Waals surface area contributed by atoms with E-state index in [2.05, 4.69) is 15.2 Å². The van der Waals surface area contributed by atoms with Crippen molar-refractivity contribution in [3.8, 4) is 11.5 Å². The minimum absolute atomic E-state index is 0.0232.